The van der Waals surface area contributed by atoms with Crippen LogP contribution in [-0.2, 0) is 6.42 Å². The summed E-state index contributed by atoms with van der Waals surface area (Å²) in [7, 11) is 0. The summed E-state index contributed by atoms with van der Waals surface area (Å²) in [5.74, 6) is 1.65. The van der Waals surface area contributed by atoms with E-state index in [1.165, 1.54) is 0 Å². The number of aromatic nitrogens is 3. The summed E-state index contributed by atoms with van der Waals surface area (Å²) in [5, 5.41) is 6.21. The van der Waals surface area contributed by atoms with E-state index in [0.29, 0.717) is 0 Å². The Morgan fingerprint density at radius 3 is 2.50 bits per heavy atom. The van der Waals surface area contributed by atoms with Gasteiger partial charge in [0.1, 0.15) is 5.82 Å². The first-order valence-electron chi connectivity index (χ1n) is 6.19. The molecule has 2 aromatic heterocycles. The van der Waals surface area contributed by atoms with Crippen LogP contribution in [-0.4, -0.2) is 21.5 Å². The molecule has 0 unspecified atom stereocenters. The van der Waals surface area contributed by atoms with Crippen molar-refractivity contribution in [1.82, 2.24) is 15.0 Å². The lowest BCUT2D eigenvalue weighted by Crippen LogP contribution is -2.07. The molecule has 0 aliphatic heterocycles. The topological polar surface area (TPSA) is 50.7 Å². The van der Waals surface area contributed by atoms with Gasteiger partial charge in [-0.15, -0.1) is 11.3 Å². The molecule has 96 valence electrons. The average Bonchev–Trinajstić information content (AvgIpc) is 2.79. The van der Waals surface area contributed by atoms with Crippen molar-refractivity contribution in [3.05, 3.63) is 22.3 Å². The Morgan fingerprint density at radius 2 is 1.94 bits per heavy atom. The Labute approximate surface area is 112 Å². The minimum atomic E-state index is 0.728. The molecule has 4 nitrogen and oxygen atoms in total. The highest BCUT2D eigenvalue weighted by molar-refractivity contribution is 7.13. The molecule has 1 N–H and O–H groups in total. The predicted molar refractivity (Wildman–Crippen MR) is 76.2 cm³/mol. The lowest BCUT2D eigenvalue weighted by Gasteiger charge is -2.11. The zero-order valence-electron chi connectivity index (χ0n) is 11.2. The molecule has 0 aliphatic rings. The molecule has 0 saturated carbocycles. The number of hydrogen-bond donors (Lipinski definition) is 1. The van der Waals surface area contributed by atoms with Gasteiger partial charge >= 0.3 is 0 Å². The summed E-state index contributed by atoms with van der Waals surface area (Å²) in [6.45, 7) is 9.09. The summed E-state index contributed by atoms with van der Waals surface area (Å²) in [4.78, 5) is 13.6. The Kier molecular flexibility index (Phi) is 3.91. The molecule has 0 radical (unpaired) electrons. The highest BCUT2D eigenvalue weighted by Gasteiger charge is 2.12. The van der Waals surface area contributed by atoms with Crippen molar-refractivity contribution in [2.45, 2.75) is 34.1 Å². The zero-order valence-corrected chi connectivity index (χ0v) is 12.1. The average molecular weight is 262 g/mol. The first kappa shape index (κ1) is 13.0. The van der Waals surface area contributed by atoms with E-state index < -0.39 is 0 Å². The van der Waals surface area contributed by atoms with Crippen molar-refractivity contribution in [2.75, 3.05) is 11.9 Å². The van der Waals surface area contributed by atoms with E-state index >= 15 is 0 Å². The summed E-state index contributed by atoms with van der Waals surface area (Å²) in [6.07, 6.45) is 0.907. The van der Waals surface area contributed by atoms with Crippen LogP contribution in [0.15, 0.2) is 5.38 Å². The highest BCUT2D eigenvalue weighted by Crippen LogP contribution is 2.24. The maximum Gasteiger partial charge on any atom is 0.190 e. The SMILES string of the molecule is CCNc1nc(-c2nc(C)cs2)nc(CC)c1C. The highest BCUT2D eigenvalue weighted by atomic mass is 32.1. The third kappa shape index (κ3) is 2.51. The molecule has 0 amide bonds. The summed E-state index contributed by atoms with van der Waals surface area (Å²) in [6, 6.07) is 0. The Hall–Kier alpha value is -1.49. The van der Waals surface area contributed by atoms with Crippen LogP contribution in [0, 0.1) is 13.8 Å². The lowest BCUT2D eigenvalue weighted by atomic mass is 10.2. The second-order valence-electron chi connectivity index (χ2n) is 4.15. The smallest absolute Gasteiger partial charge is 0.190 e. The lowest BCUT2D eigenvalue weighted by molar-refractivity contribution is 0.967. The molecule has 2 aromatic rings. The van der Waals surface area contributed by atoms with Crippen molar-refractivity contribution in [1.29, 1.82) is 0 Å². The van der Waals surface area contributed by atoms with Crippen LogP contribution in [0.5, 0.6) is 0 Å². The summed E-state index contributed by atoms with van der Waals surface area (Å²) >= 11 is 1.59. The van der Waals surface area contributed by atoms with E-state index in [0.717, 1.165) is 46.6 Å². The second kappa shape index (κ2) is 5.44. The van der Waals surface area contributed by atoms with Gasteiger partial charge in [-0.3, -0.25) is 0 Å². The summed E-state index contributed by atoms with van der Waals surface area (Å²) < 4.78 is 0. The molecule has 0 fully saturated rings. The normalized spacial score (nSPS) is 10.7. The van der Waals surface area contributed by atoms with Crippen LogP contribution in [0.25, 0.3) is 10.8 Å². The van der Waals surface area contributed by atoms with Gasteiger partial charge in [-0.05, 0) is 27.2 Å². The molecule has 0 spiro atoms. The fourth-order valence-corrected chi connectivity index (χ4v) is 2.53. The number of rotatable bonds is 4. The van der Waals surface area contributed by atoms with Gasteiger partial charge in [0.05, 0.1) is 0 Å². The largest absolute Gasteiger partial charge is 0.370 e. The van der Waals surface area contributed by atoms with Crippen molar-refractivity contribution in [2.24, 2.45) is 0 Å². The van der Waals surface area contributed by atoms with E-state index in [1.54, 1.807) is 11.3 Å². The maximum absolute atomic E-state index is 4.61. The molecule has 0 atom stereocenters. The van der Waals surface area contributed by atoms with Crippen molar-refractivity contribution in [3.63, 3.8) is 0 Å². The third-order valence-electron chi connectivity index (χ3n) is 2.74. The Balaban J connectivity index is 2.51. The van der Waals surface area contributed by atoms with E-state index in [1.807, 2.05) is 12.3 Å². The van der Waals surface area contributed by atoms with E-state index in [4.69, 9.17) is 0 Å². The molecule has 0 aromatic carbocycles. The van der Waals surface area contributed by atoms with Crippen molar-refractivity contribution < 1.29 is 0 Å². The van der Waals surface area contributed by atoms with E-state index in [-0.39, 0.29) is 0 Å². The van der Waals surface area contributed by atoms with Gasteiger partial charge in [0.25, 0.3) is 0 Å². The Bertz CT molecular complexity index is 548. The number of hydrogen-bond acceptors (Lipinski definition) is 5. The van der Waals surface area contributed by atoms with Crippen molar-refractivity contribution >= 4 is 17.2 Å². The maximum atomic E-state index is 4.61. The van der Waals surface area contributed by atoms with Gasteiger partial charge in [0, 0.05) is 28.9 Å². The van der Waals surface area contributed by atoms with Crippen LogP contribution in [0.4, 0.5) is 5.82 Å². The minimum Gasteiger partial charge on any atom is -0.370 e. The molecule has 0 aliphatic carbocycles. The van der Waals surface area contributed by atoms with Gasteiger partial charge in [0.15, 0.2) is 10.8 Å². The monoisotopic (exact) mass is 262 g/mol. The number of thiazole rings is 1. The molecule has 0 bridgehead atoms. The molecule has 0 saturated heterocycles. The minimum absolute atomic E-state index is 0.728. The van der Waals surface area contributed by atoms with Crippen molar-refractivity contribution in [3.8, 4) is 10.8 Å². The van der Waals surface area contributed by atoms with Crippen LogP contribution in [0.2, 0.25) is 0 Å². The first-order valence-corrected chi connectivity index (χ1v) is 7.07. The quantitative estimate of drug-likeness (QED) is 0.919. The van der Waals surface area contributed by atoms with Crippen LogP contribution in [0.3, 0.4) is 0 Å². The second-order valence-corrected chi connectivity index (χ2v) is 5.00. The molecule has 2 heterocycles. The first-order chi connectivity index (χ1) is 8.65. The third-order valence-corrected chi connectivity index (χ3v) is 3.69. The predicted octanol–water partition coefficient (Wildman–Crippen LogP) is 3.21. The number of anilines is 1. The molecule has 18 heavy (non-hydrogen) atoms. The Morgan fingerprint density at radius 1 is 1.17 bits per heavy atom. The van der Waals surface area contributed by atoms with E-state index in [9.17, 15) is 0 Å². The molecular weight excluding hydrogens is 244 g/mol. The fraction of sp³-hybridized carbons (Fsp3) is 0.462. The van der Waals surface area contributed by atoms with Gasteiger partial charge in [-0.2, -0.15) is 0 Å². The fourth-order valence-electron chi connectivity index (χ4n) is 1.80. The summed E-state index contributed by atoms with van der Waals surface area (Å²) in [5.41, 5.74) is 3.24. The molecule has 2 rings (SSSR count). The van der Waals surface area contributed by atoms with Crippen LogP contribution >= 0.6 is 11.3 Å². The number of nitrogens with one attached hydrogen (secondary N) is 1. The standard InChI is InChI=1S/C13H18N4S/c1-5-10-9(4)11(14-6-2)17-12(16-10)13-15-8(3)7-18-13/h7H,5-6H2,1-4H3,(H,14,16,17). The van der Waals surface area contributed by atoms with Gasteiger partial charge in [-0.25, -0.2) is 15.0 Å². The van der Waals surface area contributed by atoms with E-state index in [2.05, 4.69) is 41.0 Å². The number of nitrogens with zero attached hydrogens (tertiary/aromatic N) is 3. The van der Waals surface area contributed by atoms with Crippen LogP contribution < -0.4 is 5.32 Å². The van der Waals surface area contributed by atoms with Gasteiger partial charge < -0.3 is 5.32 Å². The molecule has 5 heteroatoms. The zero-order chi connectivity index (χ0) is 13.1. The van der Waals surface area contributed by atoms with Crippen LogP contribution in [0.1, 0.15) is 30.8 Å². The number of aryl methyl sites for hydroxylation is 2. The van der Waals surface area contributed by atoms with Gasteiger partial charge in [-0.1, -0.05) is 6.92 Å². The van der Waals surface area contributed by atoms with Gasteiger partial charge in [0.2, 0.25) is 0 Å². The molecular formula is C13H18N4S.